The lowest BCUT2D eigenvalue weighted by molar-refractivity contribution is -0.105. The Balaban J connectivity index is 2.20. The van der Waals surface area contributed by atoms with Gasteiger partial charge in [-0.05, 0) is 6.07 Å². The Bertz CT molecular complexity index is 345. The zero-order chi connectivity index (χ0) is 11.6. The van der Waals surface area contributed by atoms with Gasteiger partial charge in [0, 0.05) is 46.4 Å². The number of ether oxygens (including phenoxy) is 2. The van der Waals surface area contributed by atoms with E-state index in [0.717, 1.165) is 18.5 Å². The van der Waals surface area contributed by atoms with Gasteiger partial charge in [0.1, 0.15) is 0 Å². The fraction of sp³-hybridized carbons (Fsp3) is 0.727. The summed E-state index contributed by atoms with van der Waals surface area (Å²) in [6.07, 6.45) is 3.54. The molecule has 0 amide bonds. The molecular weight excluding hydrogens is 206 g/mol. The van der Waals surface area contributed by atoms with E-state index in [1.165, 1.54) is 0 Å². The van der Waals surface area contributed by atoms with Gasteiger partial charge >= 0.3 is 0 Å². The minimum absolute atomic E-state index is 0.192. The second-order valence-electron chi connectivity index (χ2n) is 4.27. The van der Waals surface area contributed by atoms with Gasteiger partial charge in [0.15, 0.2) is 0 Å². The molecule has 1 unspecified atom stereocenters. The predicted octanol–water partition coefficient (Wildman–Crippen LogP) is 0.615. The first-order valence-corrected chi connectivity index (χ1v) is 5.56. The molecule has 90 valence electrons. The van der Waals surface area contributed by atoms with Gasteiger partial charge in [0.05, 0.1) is 17.3 Å². The fourth-order valence-electron chi connectivity index (χ4n) is 2.23. The Hall–Kier alpha value is -0.910. The van der Waals surface area contributed by atoms with Gasteiger partial charge in [0.2, 0.25) is 0 Å². The number of nitrogens with two attached hydrogens (primary N) is 1. The summed E-state index contributed by atoms with van der Waals surface area (Å²) >= 11 is 0. The van der Waals surface area contributed by atoms with E-state index in [2.05, 4.69) is 5.10 Å². The first-order chi connectivity index (χ1) is 7.68. The van der Waals surface area contributed by atoms with E-state index < -0.39 is 0 Å². The average Bonchev–Trinajstić information content (AvgIpc) is 2.76. The molecule has 5 heteroatoms. The zero-order valence-electron chi connectivity index (χ0n) is 9.85. The standard InChI is InChI=1S/C11H19N3O2/c1-14-6-3-9(13-14)10(12)11(15-2)4-7-16-8-5-11/h3,6,10H,4-5,7-8,12H2,1-2H3. The van der Waals surface area contributed by atoms with Crippen LogP contribution in [0.2, 0.25) is 0 Å². The van der Waals surface area contributed by atoms with Crippen LogP contribution in [0.4, 0.5) is 0 Å². The molecule has 1 aromatic rings. The number of hydrogen-bond donors (Lipinski definition) is 1. The zero-order valence-corrected chi connectivity index (χ0v) is 9.85. The van der Waals surface area contributed by atoms with Crippen molar-refractivity contribution in [3.63, 3.8) is 0 Å². The first-order valence-electron chi connectivity index (χ1n) is 5.56. The highest BCUT2D eigenvalue weighted by Gasteiger charge is 2.40. The molecule has 1 aliphatic heterocycles. The van der Waals surface area contributed by atoms with Crippen LogP contribution in [0.1, 0.15) is 24.6 Å². The van der Waals surface area contributed by atoms with E-state index in [-0.39, 0.29) is 11.6 Å². The van der Waals surface area contributed by atoms with Crippen LogP contribution in [-0.4, -0.2) is 35.7 Å². The van der Waals surface area contributed by atoms with Crippen LogP contribution in [0, 0.1) is 0 Å². The third-order valence-corrected chi connectivity index (χ3v) is 3.37. The topological polar surface area (TPSA) is 62.3 Å². The lowest BCUT2D eigenvalue weighted by Crippen LogP contribution is -2.47. The highest BCUT2D eigenvalue weighted by atomic mass is 16.5. The lowest BCUT2D eigenvalue weighted by Gasteiger charge is -2.39. The number of aromatic nitrogens is 2. The van der Waals surface area contributed by atoms with Gasteiger partial charge in [0.25, 0.3) is 0 Å². The van der Waals surface area contributed by atoms with Gasteiger partial charge in [-0.15, -0.1) is 0 Å². The van der Waals surface area contributed by atoms with E-state index in [0.29, 0.717) is 13.2 Å². The Morgan fingerprint density at radius 1 is 1.56 bits per heavy atom. The molecule has 16 heavy (non-hydrogen) atoms. The Kier molecular flexibility index (Phi) is 3.28. The van der Waals surface area contributed by atoms with Crippen molar-refractivity contribution in [3.8, 4) is 0 Å². The summed E-state index contributed by atoms with van der Waals surface area (Å²) in [6.45, 7) is 1.41. The van der Waals surface area contributed by atoms with E-state index in [1.807, 2.05) is 19.3 Å². The third-order valence-electron chi connectivity index (χ3n) is 3.37. The van der Waals surface area contributed by atoms with Gasteiger partial charge in [-0.3, -0.25) is 4.68 Å². The van der Waals surface area contributed by atoms with Gasteiger partial charge < -0.3 is 15.2 Å². The summed E-state index contributed by atoms with van der Waals surface area (Å²) < 4.78 is 12.8. The lowest BCUT2D eigenvalue weighted by atomic mass is 9.85. The van der Waals surface area contributed by atoms with Crippen molar-refractivity contribution in [1.29, 1.82) is 0 Å². The number of rotatable bonds is 3. The molecule has 0 spiro atoms. The molecule has 0 radical (unpaired) electrons. The largest absolute Gasteiger partial charge is 0.381 e. The van der Waals surface area contributed by atoms with Crippen molar-refractivity contribution in [3.05, 3.63) is 18.0 Å². The van der Waals surface area contributed by atoms with Crippen LogP contribution in [0.3, 0.4) is 0 Å². The van der Waals surface area contributed by atoms with Crippen molar-refractivity contribution < 1.29 is 9.47 Å². The predicted molar refractivity (Wildman–Crippen MR) is 59.9 cm³/mol. The molecule has 0 bridgehead atoms. The maximum atomic E-state index is 6.27. The Morgan fingerprint density at radius 2 is 2.25 bits per heavy atom. The van der Waals surface area contributed by atoms with Crippen LogP contribution in [0.25, 0.3) is 0 Å². The molecular formula is C11H19N3O2. The second kappa shape index (κ2) is 4.53. The van der Waals surface area contributed by atoms with E-state index in [9.17, 15) is 0 Å². The number of methoxy groups -OCH3 is 1. The van der Waals surface area contributed by atoms with Gasteiger partial charge in [-0.25, -0.2) is 0 Å². The molecule has 1 atom stereocenters. The molecule has 2 N–H and O–H groups in total. The highest BCUT2D eigenvalue weighted by molar-refractivity contribution is 5.12. The summed E-state index contributed by atoms with van der Waals surface area (Å²) in [5.41, 5.74) is 6.83. The van der Waals surface area contributed by atoms with Crippen LogP contribution >= 0.6 is 0 Å². The third kappa shape index (κ3) is 1.98. The van der Waals surface area contributed by atoms with Gasteiger partial charge in [-0.2, -0.15) is 5.10 Å². The smallest absolute Gasteiger partial charge is 0.0930 e. The normalized spacial score (nSPS) is 21.9. The summed E-state index contributed by atoms with van der Waals surface area (Å²) in [5, 5.41) is 4.35. The number of aryl methyl sites for hydroxylation is 1. The maximum Gasteiger partial charge on any atom is 0.0930 e. The van der Waals surface area contributed by atoms with Crippen LogP contribution < -0.4 is 5.73 Å². The van der Waals surface area contributed by atoms with E-state index >= 15 is 0 Å². The molecule has 5 nitrogen and oxygen atoms in total. The number of hydrogen-bond acceptors (Lipinski definition) is 4. The van der Waals surface area contributed by atoms with Crippen molar-refractivity contribution in [2.45, 2.75) is 24.5 Å². The summed E-state index contributed by atoms with van der Waals surface area (Å²) in [6, 6.07) is 1.75. The molecule has 0 aromatic carbocycles. The van der Waals surface area contributed by atoms with E-state index in [4.69, 9.17) is 15.2 Å². The van der Waals surface area contributed by atoms with Crippen LogP contribution in [0.15, 0.2) is 12.3 Å². The van der Waals surface area contributed by atoms with E-state index in [1.54, 1.807) is 11.8 Å². The fourth-order valence-corrected chi connectivity index (χ4v) is 2.23. The molecule has 0 aliphatic carbocycles. The van der Waals surface area contributed by atoms with Crippen molar-refractivity contribution in [1.82, 2.24) is 9.78 Å². The Labute approximate surface area is 95.5 Å². The Morgan fingerprint density at radius 3 is 2.75 bits per heavy atom. The van der Waals surface area contributed by atoms with Crippen molar-refractivity contribution >= 4 is 0 Å². The SMILES string of the molecule is COC1(C(N)c2ccn(C)n2)CCOCC1. The van der Waals surface area contributed by atoms with Gasteiger partial charge in [-0.1, -0.05) is 0 Å². The number of nitrogens with zero attached hydrogens (tertiary/aromatic N) is 2. The average molecular weight is 225 g/mol. The molecule has 0 saturated carbocycles. The first kappa shape index (κ1) is 11.6. The van der Waals surface area contributed by atoms with Crippen LogP contribution in [-0.2, 0) is 16.5 Å². The highest BCUT2D eigenvalue weighted by Crippen LogP contribution is 2.34. The van der Waals surface area contributed by atoms with Crippen molar-refractivity contribution in [2.75, 3.05) is 20.3 Å². The molecule has 1 aromatic heterocycles. The minimum Gasteiger partial charge on any atom is -0.381 e. The second-order valence-corrected chi connectivity index (χ2v) is 4.27. The maximum absolute atomic E-state index is 6.27. The molecule has 1 saturated heterocycles. The summed E-state index contributed by atoms with van der Waals surface area (Å²) in [5.74, 6) is 0. The van der Waals surface area contributed by atoms with Crippen LogP contribution in [0.5, 0.6) is 0 Å². The molecule has 1 aliphatic rings. The van der Waals surface area contributed by atoms with Crippen molar-refractivity contribution in [2.24, 2.45) is 12.8 Å². The minimum atomic E-state index is -0.327. The molecule has 1 fully saturated rings. The summed E-state index contributed by atoms with van der Waals surface area (Å²) in [7, 11) is 3.60. The monoisotopic (exact) mass is 225 g/mol. The summed E-state index contributed by atoms with van der Waals surface area (Å²) in [4.78, 5) is 0. The molecule has 2 rings (SSSR count). The quantitative estimate of drug-likeness (QED) is 0.819. The molecule has 2 heterocycles.